The number of phosphoric acid groups is 3. The van der Waals surface area contributed by atoms with Gasteiger partial charge in [0.1, 0.15) is 12.2 Å². The molecular formula is C12H17FN3O14P3. The summed E-state index contributed by atoms with van der Waals surface area (Å²) < 4.78 is 65.0. The number of phosphoric ester groups is 1. The van der Waals surface area contributed by atoms with Crippen molar-refractivity contribution in [1.82, 2.24) is 9.55 Å². The highest BCUT2D eigenvalue weighted by Gasteiger charge is 2.58. The predicted molar refractivity (Wildman–Crippen MR) is 101 cm³/mol. The highest BCUT2D eigenvalue weighted by molar-refractivity contribution is 7.66. The molecule has 0 spiro atoms. The quantitative estimate of drug-likeness (QED) is 0.144. The SMILES string of the molecule is C#CC1(O)[C@@H](O)[C@@H]([C@H](C)OP(=O)(O)OP(=O)(O)OP(=O)(O)O)O[C@H]1n1cc(F)c(N)nc1=O. The maximum absolute atomic E-state index is 13.8. The second-order valence-electron chi connectivity index (χ2n) is 6.43. The monoisotopic (exact) mass is 539 g/mol. The van der Waals surface area contributed by atoms with Gasteiger partial charge < -0.3 is 40.3 Å². The number of anilines is 1. The number of halogens is 1. The van der Waals surface area contributed by atoms with Gasteiger partial charge in [-0.25, -0.2) is 22.9 Å². The minimum Gasteiger partial charge on any atom is -0.386 e. The van der Waals surface area contributed by atoms with Crippen LogP contribution in [0, 0.1) is 18.2 Å². The molecule has 1 aromatic rings. The van der Waals surface area contributed by atoms with Gasteiger partial charge in [-0.15, -0.1) is 6.42 Å². The van der Waals surface area contributed by atoms with E-state index in [2.05, 4.69) is 18.1 Å². The fourth-order valence-electron chi connectivity index (χ4n) is 2.72. The molecule has 21 heteroatoms. The van der Waals surface area contributed by atoms with Crippen LogP contribution < -0.4 is 11.4 Å². The van der Waals surface area contributed by atoms with Crippen LogP contribution in [0.5, 0.6) is 0 Å². The Morgan fingerprint density at radius 2 is 1.88 bits per heavy atom. The number of hydrogen-bond acceptors (Lipinski definition) is 12. The number of hydrogen-bond donors (Lipinski definition) is 7. The lowest BCUT2D eigenvalue weighted by molar-refractivity contribution is -0.0871. The van der Waals surface area contributed by atoms with Crippen LogP contribution in [-0.2, 0) is 31.6 Å². The summed E-state index contributed by atoms with van der Waals surface area (Å²) in [6, 6.07) is 0. The van der Waals surface area contributed by atoms with Crippen LogP contribution in [0.4, 0.5) is 10.2 Å². The van der Waals surface area contributed by atoms with E-state index in [0.29, 0.717) is 10.8 Å². The van der Waals surface area contributed by atoms with Crippen molar-refractivity contribution in [3.63, 3.8) is 0 Å². The van der Waals surface area contributed by atoms with E-state index in [-0.39, 0.29) is 0 Å². The molecule has 2 heterocycles. The summed E-state index contributed by atoms with van der Waals surface area (Å²) in [4.78, 5) is 51.0. The predicted octanol–water partition coefficient (Wildman–Crippen LogP) is -1.68. The Morgan fingerprint density at radius 1 is 1.30 bits per heavy atom. The van der Waals surface area contributed by atoms with Crippen molar-refractivity contribution in [2.24, 2.45) is 0 Å². The molecule has 33 heavy (non-hydrogen) atoms. The molecular weight excluding hydrogens is 522 g/mol. The van der Waals surface area contributed by atoms with Crippen molar-refractivity contribution in [3.05, 3.63) is 22.5 Å². The molecule has 1 saturated heterocycles. The average Bonchev–Trinajstić information content (AvgIpc) is 2.87. The fraction of sp³-hybridized carbons (Fsp3) is 0.500. The number of aromatic nitrogens is 2. The summed E-state index contributed by atoms with van der Waals surface area (Å²) >= 11 is 0. The van der Waals surface area contributed by atoms with Gasteiger partial charge in [-0.05, 0) is 6.92 Å². The zero-order valence-electron chi connectivity index (χ0n) is 16.1. The van der Waals surface area contributed by atoms with Gasteiger partial charge in [0.05, 0.1) is 12.3 Å². The third-order valence-corrected chi connectivity index (χ3v) is 7.95. The Kier molecular flexibility index (Phi) is 7.77. The number of rotatable bonds is 8. The van der Waals surface area contributed by atoms with Crippen LogP contribution in [0.25, 0.3) is 0 Å². The zero-order valence-corrected chi connectivity index (χ0v) is 18.8. The van der Waals surface area contributed by atoms with E-state index < -0.39 is 70.9 Å². The van der Waals surface area contributed by atoms with Gasteiger partial charge in [0.15, 0.2) is 23.5 Å². The first-order valence-electron chi connectivity index (χ1n) is 8.22. The highest BCUT2D eigenvalue weighted by atomic mass is 31.3. The number of aliphatic hydroxyl groups excluding tert-OH is 1. The molecule has 0 aliphatic carbocycles. The number of ether oxygens (including phenoxy) is 1. The first kappa shape index (κ1) is 27.7. The van der Waals surface area contributed by atoms with Crippen LogP contribution in [0.15, 0.2) is 11.0 Å². The first-order valence-corrected chi connectivity index (χ1v) is 12.7. The van der Waals surface area contributed by atoms with Crippen molar-refractivity contribution in [2.45, 2.75) is 37.1 Å². The van der Waals surface area contributed by atoms with E-state index in [9.17, 15) is 42.9 Å². The Hall–Kier alpha value is -1.54. The summed E-state index contributed by atoms with van der Waals surface area (Å²) in [5.74, 6) is -0.278. The lowest BCUT2D eigenvalue weighted by Crippen LogP contribution is -2.48. The fourth-order valence-corrected chi connectivity index (χ4v) is 5.92. The van der Waals surface area contributed by atoms with Crippen LogP contribution in [0.1, 0.15) is 13.2 Å². The van der Waals surface area contributed by atoms with E-state index in [1.807, 2.05) is 0 Å². The van der Waals surface area contributed by atoms with Gasteiger partial charge in [-0.1, -0.05) is 5.92 Å². The van der Waals surface area contributed by atoms with Crippen molar-refractivity contribution in [3.8, 4) is 12.3 Å². The van der Waals surface area contributed by atoms with Crippen LogP contribution in [-0.4, -0.2) is 63.3 Å². The normalized spacial score (nSPS) is 30.2. The minimum atomic E-state index is -5.84. The molecule has 17 nitrogen and oxygen atoms in total. The van der Waals surface area contributed by atoms with E-state index >= 15 is 0 Å². The smallest absolute Gasteiger partial charge is 0.386 e. The molecule has 2 rings (SSSR count). The maximum atomic E-state index is 13.8. The third kappa shape index (κ3) is 6.32. The molecule has 1 aromatic heterocycles. The summed E-state index contributed by atoms with van der Waals surface area (Å²) in [5.41, 5.74) is 1.14. The van der Waals surface area contributed by atoms with E-state index in [0.717, 1.165) is 6.92 Å². The summed E-state index contributed by atoms with van der Waals surface area (Å²) in [6.45, 7) is 0.913. The zero-order chi connectivity index (χ0) is 25.6. The molecule has 7 atom stereocenters. The van der Waals surface area contributed by atoms with Gasteiger partial charge in [0.2, 0.25) is 0 Å². The number of aliphatic hydroxyl groups is 2. The molecule has 1 aliphatic rings. The molecule has 0 radical (unpaired) electrons. The Morgan fingerprint density at radius 3 is 2.39 bits per heavy atom. The molecule has 3 unspecified atom stereocenters. The van der Waals surface area contributed by atoms with E-state index in [4.69, 9.17) is 26.7 Å². The highest BCUT2D eigenvalue weighted by Crippen LogP contribution is 2.66. The minimum absolute atomic E-state index is 0.340. The molecule has 1 fully saturated rings. The third-order valence-electron chi connectivity index (χ3n) is 4.02. The van der Waals surface area contributed by atoms with Gasteiger partial charge >= 0.3 is 29.2 Å². The second kappa shape index (κ2) is 9.25. The largest absolute Gasteiger partial charge is 0.490 e. The number of nitrogens with two attached hydrogens (primary N) is 1. The molecule has 8 N–H and O–H groups in total. The van der Waals surface area contributed by atoms with Crippen molar-refractivity contribution < 1.29 is 65.8 Å². The van der Waals surface area contributed by atoms with Crippen molar-refractivity contribution >= 4 is 29.3 Å². The molecule has 186 valence electrons. The van der Waals surface area contributed by atoms with Gasteiger partial charge in [-0.2, -0.15) is 13.6 Å². The summed E-state index contributed by atoms with van der Waals surface area (Å²) in [6.07, 6.45) is -2.23. The van der Waals surface area contributed by atoms with Crippen LogP contribution >= 0.6 is 23.5 Å². The van der Waals surface area contributed by atoms with Gasteiger partial charge in [0, 0.05) is 0 Å². The van der Waals surface area contributed by atoms with E-state index in [1.54, 1.807) is 5.92 Å². The standard InChI is InChI=1S/C12H17FN3O14P3/c1-3-12(19)8(17)7(27-10(12)16-4-6(13)9(14)15-11(16)18)5(2)28-32(23,24)30-33(25,26)29-31(20,21)22/h1,4-5,7-8,10,17,19H,2H3,(H,23,24)(H,25,26)(H2,14,15,18)(H2,20,21,22)/t5-,7+,8-,10+,12?/m0/s1. The molecule has 0 bridgehead atoms. The maximum Gasteiger partial charge on any atom is 0.490 e. The number of terminal acetylenes is 1. The topological polar surface area (TPSA) is 270 Å². The summed E-state index contributed by atoms with van der Waals surface area (Å²) in [5, 5.41) is 21.0. The Balaban J connectivity index is 2.31. The van der Waals surface area contributed by atoms with Crippen molar-refractivity contribution in [1.29, 1.82) is 0 Å². The lowest BCUT2D eigenvalue weighted by Gasteiger charge is -2.27. The van der Waals surface area contributed by atoms with Crippen LogP contribution in [0.2, 0.25) is 0 Å². The molecule has 0 amide bonds. The summed E-state index contributed by atoms with van der Waals surface area (Å²) in [7, 11) is -17.1. The van der Waals surface area contributed by atoms with Gasteiger partial charge in [-0.3, -0.25) is 9.09 Å². The number of nitrogen functional groups attached to an aromatic ring is 1. The van der Waals surface area contributed by atoms with Crippen molar-refractivity contribution in [2.75, 3.05) is 5.73 Å². The Bertz CT molecular complexity index is 1160. The molecule has 0 saturated carbocycles. The lowest BCUT2D eigenvalue weighted by atomic mass is 9.93. The second-order valence-corrected chi connectivity index (χ2v) is 10.8. The molecule has 1 aliphatic heterocycles. The molecule has 0 aromatic carbocycles. The van der Waals surface area contributed by atoms with Gasteiger partial charge in [0.25, 0.3) is 0 Å². The van der Waals surface area contributed by atoms with Crippen LogP contribution in [0.3, 0.4) is 0 Å². The first-order chi connectivity index (χ1) is 14.8. The Labute approximate surface area is 183 Å². The van der Waals surface area contributed by atoms with E-state index in [1.165, 1.54) is 0 Å². The number of nitrogens with zero attached hydrogens (tertiary/aromatic N) is 2. The average molecular weight is 539 g/mol.